The van der Waals surface area contributed by atoms with E-state index in [-0.39, 0.29) is 11.6 Å². The minimum atomic E-state index is -4.53. The number of hydrogen-bond donors (Lipinski definition) is 1. The van der Waals surface area contributed by atoms with Crippen molar-refractivity contribution in [2.45, 2.75) is 19.1 Å². The number of hydrogen-bond acceptors (Lipinski definition) is 2. The average molecular weight is 276 g/mol. The molecule has 1 aliphatic rings. The predicted octanol–water partition coefficient (Wildman–Crippen LogP) is 2.81. The number of alkyl halides is 3. The fourth-order valence-electron chi connectivity index (χ4n) is 2.40. The van der Waals surface area contributed by atoms with Gasteiger partial charge in [-0.1, -0.05) is 6.07 Å². The Labute approximate surface area is 109 Å². The van der Waals surface area contributed by atoms with Gasteiger partial charge in [-0.05, 0) is 24.6 Å². The summed E-state index contributed by atoms with van der Waals surface area (Å²) in [4.78, 5) is 1.97. The molecule has 1 aromatic carbocycles. The van der Waals surface area contributed by atoms with Crippen molar-refractivity contribution in [3.8, 4) is 0 Å². The first-order valence-corrected chi connectivity index (χ1v) is 6.21. The van der Waals surface area contributed by atoms with Crippen LogP contribution in [0.4, 0.5) is 17.6 Å². The predicted molar refractivity (Wildman–Crippen MR) is 64.3 cm³/mol. The number of rotatable bonds is 2. The first-order chi connectivity index (χ1) is 8.89. The van der Waals surface area contributed by atoms with E-state index in [9.17, 15) is 17.6 Å². The fourth-order valence-corrected chi connectivity index (χ4v) is 2.40. The van der Waals surface area contributed by atoms with Gasteiger partial charge in [-0.25, -0.2) is 4.39 Å². The quantitative estimate of drug-likeness (QED) is 0.836. The summed E-state index contributed by atoms with van der Waals surface area (Å²) in [5.41, 5.74) is -0.741. The smallest absolute Gasteiger partial charge is 0.314 e. The Bertz CT molecular complexity index is 439. The van der Waals surface area contributed by atoms with Crippen LogP contribution >= 0.6 is 0 Å². The molecule has 0 aliphatic carbocycles. The summed E-state index contributed by atoms with van der Waals surface area (Å²) in [6.45, 7) is 4.62. The lowest BCUT2D eigenvalue weighted by Crippen LogP contribution is -2.44. The van der Waals surface area contributed by atoms with E-state index in [0.29, 0.717) is 19.2 Å². The summed E-state index contributed by atoms with van der Waals surface area (Å²) in [5.74, 6) is -0.858. The van der Waals surface area contributed by atoms with Crippen LogP contribution in [0, 0.1) is 5.82 Å². The SMILES string of the molecule is C[C@@H](c1ccc(F)cc1C(F)(F)F)N1CCNCC1. The monoisotopic (exact) mass is 276 g/mol. The van der Waals surface area contributed by atoms with Crippen LogP contribution in [0.1, 0.15) is 24.1 Å². The molecular formula is C13H16F4N2. The van der Waals surface area contributed by atoms with Gasteiger partial charge in [0.15, 0.2) is 0 Å². The Kier molecular flexibility index (Phi) is 4.10. The number of piperazine rings is 1. The normalized spacial score (nSPS) is 19.4. The number of halogens is 4. The maximum atomic E-state index is 13.1. The zero-order valence-corrected chi connectivity index (χ0v) is 10.6. The molecule has 1 aliphatic heterocycles. The molecule has 1 atom stereocenters. The molecule has 1 N–H and O–H groups in total. The summed E-state index contributed by atoms with van der Waals surface area (Å²) in [7, 11) is 0. The molecule has 2 nitrogen and oxygen atoms in total. The van der Waals surface area contributed by atoms with Gasteiger partial charge in [-0.15, -0.1) is 0 Å². The zero-order valence-electron chi connectivity index (χ0n) is 10.6. The molecule has 0 amide bonds. The van der Waals surface area contributed by atoms with Crippen LogP contribution in [0.25, 0.3) is 0 Å². The van der Waals surface area contributed by atoms with Crippen molar-refractivity contribution in [1.82, 2.24) is 10.2 Å². The Morgan fingerprint density at radius 3 is 2.42 bits per heavy atom. The van der Waals surface area contributed by atoms with E-state index < -0.39 is 17.6 Å². The second-order valence-corrected chi connectivity index (χ2v) is 4.69. The van der Waals surface area contributed by atoms with E-state index in [1.807, 2.05) is 4.90 Å². The standard InChI is InChI=1S/C13H16F4N2/c1-9(19-6-4-18-5-7-19)11-3-2-10(14)8-12(11)13(15,16)17/h2-3,8-9,18H,4-7H2,1H3/t9-/m0/s1. The van der Waals surface area contributed by atoms with Crippen LogP contribution in [0.5, 0.6) is 0 Å². The van der Waals surface area contributed by atoms with Crippen molar-refractivity contribution in [3.63, 3.8) is 0 Å². The lowest BCUT2D eigenvalue weighted by atomic mass is 9.99. The van der Waals surface area contributed by atoms with E-state index >= 15 is 0 Å². The van der Waals surface area contributed by atoms with Crippen LogP contribution in [0.2, 0.25) is 0 Å². The highest BCUT2D eigenvalue weighted by Gasteiger charge is 2.36. The van der Waals surface area contributed by atoms with E-state index in [1.54, 1.807) is 6.92 Å². The van der Waals surface area contributed by atoms with E-state index in [4.69, 9.17) is 0 Å². The Morgan fingerprint density at radius 2 is 1.84 bits per heavy atom. The molecule has 0 bridgehead atoms. The van der Waals surface area contributed by atoms with E-state index in [2.05, 4.69) is 5.32 Å². The number of nitrogens with zero attached hydrogens (tertiary/aromatic N) is 1. The lowest BCUT2D eigenvalue weighted by molar-refractivity contribution is -0.139. The number of benzene rings is 1. The first kappa shape index (κ1) is 14.3. The first-order valence-electron chi connectivity index (χ1n) is 6.21. The summed E-state index contributed by atoms with van der Waals surface area (Å²) in [6, 6.07) is 2.53. The maximum absolute atomic E-state index is 13.1. The van der Waals surface area contributed by atoms with Crippen LogP contribution in [0.3, 0.4) is 0 Å². The Morgan fingerprint density at radius 1 is 1.21 bits per heavy atom. The zero-order chi connectivity index (χ0) is 14.0. The maximum Gasteiger partial charge on any atom is 0.416 e. The highest BCUT2D eigenvalue weighted by molar-refractivity contribution is 5.33. The highest BCUT2D eigenvalue weighted by Crippen LogP contribution is 2.36. The minimum Gasteiger partial charge on any atom is -0.314 e. The summed E-state index contributed by atoms with van der Waals surface area (Å²) < 4.78 is 51.9. The summed E-state index contributed by atoms with van der Waals surface area (Å²) in [6.07, 6.45) is -4.53. The second kappa shape index (κ2) is 5.46. The number of nitrogens with one attached hydrogen (secondary N) is 1. The van der Waals surface area contributed by atoms with Crippen LogP contribution in [-0.4, -0.2) is 31.1 Å². The molecule has 0 unspecified atom stereocenters. The van der Waals surface area contributed by atoms with Crippen molar-refractivity contribution < 1.29 is 17.6 Å². The molecule has 2 rings (SSSR count). The minimum absolute atomic E-state index is 0.135. The lowest BCUT2D eigenvalue weighted by Gasteiger charge is -2.34. The molecule has 1 aromatic rings. The van der Waals surface area contributed by atoms with Crippen LogP contribution < -0.4 is 5.32 Å². The Hall–Kier alpha value is -1.14. The highest BCUT2D eigenvalue weighted by atomic mass is 19.4. The third kappa shape index (κ3) is 3.25. The molecule has 106 valence electrons. The van der Waals surface area contributed by atoms with Gasteiger partial charge in [-0.3, -0.25) is 4.90 Å². The van der Waals surface area contributed by atoms with Gasteiger partial charge in [0.2, 0.25) is 0 Å². The van der Waals surface area contributed by atoms with Crippen LogP contribution in [0.15, 0.2) is 18.2 Å². The van der Waals surface area contributed by atoms with Gasteiger partial charge in [0.05, 0.1) is 5.56 Å². The average Bonchev–Trinajstić information content (AvgIpc) is 2.38. The van der Waals surface area contributed by atoms with Gasteiger partial charge < -0.3 is 5.32 Å². The van der Waals surface area contributed by atoms with Gasteiger partial charge in [0.1, 0.15) is 5.82 Å². The fraction of sp³-hybridized carbons (Fsp3) is 0.538. The molecule has 0 spiro atoms. The molecule has 1 saturated heterocycles. The molecule has 0 saturated carbocycles. The molecular weight excluding hydrogens is 260 g/mol. The molecule has 19 heavy (non-hydrogen) atoms. The molecule has 6 heteroatoms. The largest absolute Gasteiger partial charge is 0.416 e. The van der Waals surface area contributed by atoms with Crippen molar-refractivity contribution in [3.05, 3.63) is 35.1 Å². The molecule has 1 fully saturated rings. The van der Waals surface area contributed by atoms with E-state index in [1.165, 1.54) is 6.07 Å². The Balaban J connectivity index is 2.32. The van der Waals surface area contributed by atoms with Gasteiger partial charge in [0, 0.05) is 32.2 Å². The molecule has 0 radical (unpaired) electrons. The second-order valence-electron chi connectivity index (χ2n) is 4.69. The van der Waals surface area contributed by atoms with Crippen molar-refractivity contribution in [2.75, 3.05) is 26.2 Å². The third-order valence-electron chi connectivity index (χ3n) is 3.47. The third-order valence-corrected chi connectivity index (χ3v) is 3.47. The topological polar surface area (TPSA) is 15.3 Å². The molecule has 1 heterocycles. The van der Waals surface area contributed by atoms with Gasteiger partial charge >= 0.3 is 6.18 Å². The van der Waals surface area contributed by atoms with Crippen LogP contribution in [-0.2, 0) is 6.18 Å². The molecule has 0 aromatic heterocycles. The van der Waals surface area contributed by atoms with Crippen molar-refractivity contribution >= 4 is 0 Å². The van der Waals surface area contributed by atoms with E-state index in [0.717, 1.165) is 19.2 Å². The van der Waals surface area contributed by atoms with Crippen molar-refractivity contribution in [2.24, 2.45) is 0 Å². The van der Waals surface area contributed by atoms with Gasteiger partial charge in [-0.2, -0.15) is 13.2 Å². The summed E-state index contributed by atoms with van der Waals surface area (Å²) in [5, 5.41) is 3.15. The van der Waals surface area contributed by atoms with Crippen molar-refractivity contribution in [1.29, 1.82) is 0 Å². The van der Waals surface area contributed by atoms with Gasteiger partial charge in [0.25, 0.3) is 0 Å². The summed E-state index contributed by atoms with van der Waals surface area (Å²) >= 11 is 0.